The lowest BCUT2D eigenvalue weighted by atomic mass is 10.1. The van der Waals surface area contributed by atoms with Crippen LogP contribution in [-0.2, 0) is 0 Å². The summed E-state index contributed by atoms with van der Waals surface area (Å²) in [6.45, 7) is 0. The zero-order chi connectivity index (χ0) is 13.1. The van der Waals surface area contributed by atoms with Crippen molar-refractivity contribution in [3.63, 3.8) is 0 Å². The molecule has 18 heavy (non-hydrogen) atoms. The maximum atomic E-state index is 11.8. The first kappa shape index (κ1) is 11.8. The van der Waals surface area contributed by atoms with Gasteiger partial charge in [-0.2, -0.15) is 0 Å². The second-order valence-corrected chi connectivity index (χ2v) is 3.68. The van der Waals surface area contributed by atoms with Gasteiger partial charge >= 0.3 is 0 Å². The molecule has 5 nitrogen and oxygen atoms in total. The van der Waals surface area contributed by atoms with Gasteiger partial charge in [0.2, 0.25) is 0 Å². The summed E-state index contributed by atoms with van der Waals surface area (Å²) in [4.78, 5) is 11.8. The SMILES string of the molecule is O=C(Nc1cccc(O)c1)c1cccc(O)c1O. The number of aromatic hydroxyl groups is 3. The van der Waals surface area contributed by atoms with Crippen LogP contribution in [0.15, 0.2) is 42.5 Å². The summed E-state index contributed by atoms with van der Waals surface area (Å²) in [6, 6.07) is 10.1. The summed E-state index contributed by atoms with van der Waals surface area (Å²) in [5.41, 5.74) is 0.348. The Kier molecular flexibility index (Phi) is 3.05. The Hall–Kier alpha value is -2.69. The molecule has 4 N–H and O–H groups in total. The van der Waals surface area contributed by atoms with Crippen LogP contribution in [0.2, 0.25) is 0 Å². The maximum absolute atomic E-state index is 11.8. The van der Waals surface area contributed by atoms with Crippen molar-refractivity contribution in [2.45, 2.75) is 0 Å². The van der Waals surface area contributed by atoms with Crippen molar-refractivity contribution in [3.05, 3.63) is 48.0 Å². The molecule has 0 unspecified atom stereocenters. The number of benzene rings is 2. The van der Waals surface area contributed by atoms with E-state index >= 15 is 0 Å². The van der Waals surface area contributed by atoms with E-state index in [9.17, 15) is 20.1 Å². The highest BCUT2D eigenvalue weighted by molar-refractivity contribution is 6.06. The molecule has 1 amide bonds. The number of carbonyl (C=O) groups is 1. The minimum atomic E-state index is -0.575. The molecule has 0 aliphatic heterocycles. The second-order valence-electron chi connectivity index (χ2n) is 3.68. The first-order valence-corrected chi connectivity index (χ1v) is 5.19. The number of rotatable bonds is 2. The number of anilines is 1. The normalized spacial score (nSPS) is 10.0. The summed E-state index contributed by atoms with van der Waals surface area (Å²) in [7, 11) is 0. The fourth-order valence-electron chi connectivity index (χ4n) is 1.50. The fraction of sp³-hybridized carbons (Fsp3) is 0. The molecule has 2 aromatic rings. The van der Waals surface area contributed by atoms with E-state index in [2.05, 4.69) is 5.32 Å². The number of phenolic OH excluding ortho intramolecular Hbond substituents is 3. The van der Waals surface area contributed by atoms with Crippen LogP contribution in [0.3, 0.4) is 0 Å². The van der Waals surface area contributed by atoms with Crippen molar-refractivity contribution in [3.8, 4) is 17.2 Å². The van der Waals surface area contributed by atoms with Crippen LogP contribution in [-0.4, -0.2) is 21.2 Å². The minimum absolute atomic E-state index is 0.0212. The summed E-state index contributed by atoms with van der Waals surface area (Å²) in [5.74, 6) is -1.39. The molecule has 0 aromatic heterocycles. The quantitative estimate of drug-likeness (QED) is 0.609. The van der Waals surface area contributed by atoms with E-state index in [0.29, 0.717) is 5.69 Å². The highest BCUT2D eigenvalue weighted by atomic mass is 16.3. The standard InChI is InChI=1S/C13H11NO4/c15-9-4-1-3-8(7-9)14-13(18)10-5-2-6-11(16)12(10)17/h1-7,15-17H,(H,14,18). The van der Waals surface area contributed by atoms with Gasteiger partial charge in [-0.05, 0) is 24.3 Å². The van der Waals surface area contributed by atoms with Crippen LogP contribution < -0.4 is 5.32 Å². The molecule has 0 atom stereocenters. The predicted octanol–water partition coefficient (Wildman–Crippen LogP) is 2.06. The molecule has 0 fully saturated rings. The van der Waals surface area contributed by atoms with E-state index in [0.717, 1.165) is 0 Å². The molecule has 2 rings (SSSR count). The van der Waals surface area contributed by atoms with Crippen molar-refractivity contribution in [2.24, 2.45) is 0 Å². The lowest BCUT2D eigenvalue weighted by Gasteiger charge is -2.07. The Labute approximate surface area is 103 Å². The molecular formula is C13H11NO4. The number of hydrogen-bond acceptors (Lipinski definition) is 4. The number of para-hydroxylation sites is 1. The van der Waals surface area contributed by atoms with Crippen molar-refractivity contribution >= 4 is 11.6 Å². The molecule has 0 spiro atoms. The molecule has 0 saturated carbocycles. The highest BCUT2D eigenvalue weighted by Crippen LogP contribution is 2.28. The van der Waals surface area contributed by atoms with Gasteiger partial charge in [0.05, 0.1) is 5.56 Å². The molecular weight excluding hydrogens is 234 g/mol. The van der Waals surface area contributed by atoms with Crippen LogP contribution in [0.4, 0.5) is 5.69 Å². The third-order valence-electron chi connectivity index (χ3n) is 2.36. The van der Waals surface area contributed by atoms with E-state index in [4.69, 9.17) is 0 Å². The van der Waals surface area contributed by atoms with E-state index < -0.39 is 11.7 Å². The zero-order valence-electron chi connectivity index (χ0n) is 9.29. The van der Waals surface area contributed by atoms with Crippen LogP contribution >= 0.6 is 0 Å². The Morgan fingerprint density at radius 1 is 1.00 bits per heavy atom. The molecule has 0 aliphatic carbocycles. The number of nitrogens with one attached hydrogen (secondary N) is 1. The Balaban J connectivity index is 2.25. The van der Waals surface area contributed by atoms with Gasteiger partial charge in [0, 0.05) is 11.8 Å². The van der Waals surface area contributed by atoms with Crippen LogP contribution in [0.25, 0.3) is 0 Å². The number of amides is 1. The Morgan fingerprint density at radius 2 is 1.72 bits per heavy atom. The average Bonchev–Trinajstić information content (AvgIpc) is 2.32. The number of phenols is 3. The largest absolute Gasteiger partial charge is 0.508 e. The lowest BCUT2D eigenvalue weighted by molar-refractivity contribution is 0.102. The molecule has 0 saturated heterocycles. The van der Waals surface area contributed by atoms with E-state index in [-0.39, 0.29) is 17.1 Å². The average molecular weight is 245 g/mol. The van der Waals surface area contributed by atoms with Gasteiger partial charge in [0.1, 0.15) is 5.75 Å². The van der Waals surface area contributed by atoms with Crippen LogP contribution in [0.1, 0.15) is 10.4 Å². The molecule has 2 aromatic carbocycles. The van der Waals surface area contributed by atoms with E-state index in [1.165, 1.54) is 30.3 Å². The third-order valence-corrected chi connectivity index (χ3v) is 2.36. The van der Waals surface area contributed by atoms with E-state index in [1.54, 1.807) is 12.1 Å². The molecule has 92 valence electrons. The van der Waals surface area contributed by atoms with Gasteiger partial charge in [-0.15, -0.1) is 0 Å². The molecule has 0 bridgehead atoms. The maximum Gasteiger partial charge on any atom is 0.259 e. The second kappa shape index (κ2) is 4.67. The van der Waals surface area contributed by atoms with Crippen LogP contribution in [0, 0.1) is 0 Å². The van der Waals surface area contributed by atoms with Crippen molar-refractivity contribution < 1.29 is 20.1 Å². The van der Waals surface area contributed by atoms with Gasteiger partial charge in [0.15, 0.2) is 11.5 Å². The number of carbonyl (C=O) groups excluding carboxylic acids is 1. The Bertz CT molecular complexity index is 595. The smallest absolute Gasteiger partial charge is 0.259 e. The monoisotopic (exact) mass is 245 g/mol. The molecule has 0 aliphatic rings. The fourth-order valence-corrected chi connectivity index (χ4v) is 1.50. The first-order valence-electron chi connectivity index (χ1n) is 5.19. The van der Waals surface area contributed by atoms with Gasteiger partial charge in [-0.1, -0.05) is 12.1 Å². The van der Waals surface area contributed by atoms with Crippen LogP contribution in [0.5, 0.6) is 17.2 Å². The molecule has 0 radical (unpaired) electrons. The summed E-state index contributed by atoms with van der Waals surface area (Å²) >= 11 is 0. The topological polar surface area (TPSA) is 89.8 Å². The first-order chi connectivity index (χ1) is 8.58. The van der Waals surface area contributed by atoms with Gasteiger partial charge < -0.3 is 20.6 Å². The lowest BCUT2D eigenvalue weighted by Crippen LogP contribution is -2.11. The van der Waals surface area contributed by atoms with Crippen molar-refractivity contribution in [2.75, 3.05) is 5.32 Å². The minimum Gasteiger partial charge on any atom is -0.508 e. The van der Waals surface area contributed by atoms with Gasteiger partial charge in [-0.25, -0.2) is 0 Å². The summed E-state index contributed by atoms with van der Waals surface area (Å²) in [6.07, 6.45) is 0. The van der Waals surface area contributed by atoms with Gasteiger partial charge in [-0.3, -0.25) is 4.79 Å². The van der Waals surface area contributed by atoms with E-state index in [1.807, 2.05) is 0 Å². The van der Waals surface area contributed by atoms with Gasteiger partial charge in [0.25, 0.3) is 5.91 Å². The zero-order valence-corrected chi connectivity index (χ0v) is 9.29. The summed E-state index contributed by atoms with van der Waals surface area (Å²) in [5, 5.41) is 30.6. The predicted molar refractivity (Wildman–Crippen MR) is 65.8 cm³/mol. The molecule has 5 heteroatoms. The van der Waals surface area contributed by atoms with Crippen molar-refractivity contribution in [1.29, 1.82) is 0 Å². The molecule has 0 heterocycles. The van der Waals surface area contributed by atoms with Crippen molar-refractivity contribution in [1.82, 2.24) is 0 Å². The number of hydrogen-bond donors (Lipinski definition) is 4. The Morgan fingerprint density at radius 3 is 2.44 bits per heavy atom. The summed E-state index contributed by atoms with van der Waals surface area (Å²) < 4.78 is 0. The third kappa shape index (κ3) is 2.35. The highest BCUT2D eigenvalue weighted by Gasteiger charge is 2.13.